The summed E-state index contributed by atoms with van der Waals surface area (Å²) in [5.41, 5.74) is 2.87. The van der Waals surface area contributed by atoms with E-state index in [1.54, 1.807) is 64.4 Å². The summed E-state index contributed by atoms with van der Waals surface area (Å²) in [6.45, 7) is 7.68. The van der Waals surface area contributed by atoms with Crippen molar-refractivity contribution in [2.24, 2.45) is 0 Å². The molecule has 0 aliphatic carbocycles. The van der Waals surface area contributed by atoms with Crippen LogP contribution in [0.15, 0.2) is 73.1 Å². The molecule has 0 saturated heterocycles. The van der Waals surface area contributed by atoms with Crippen molar-refractivity contribution in [1.29, 1.82) is 0 Å². The van der Waals surface area contributed by atoms with Crippen LogP contribution in [0.2, 0.25) is 0 Å². The molecule has 1 aromatic heterocycles. The maximum atomic E-state index is 12.7. The first kappa shape index (κ1) is 29.1. The molecule has 0 atom stereocenters. The fourth-order valence-corrected chi connectivity index (χ4v) is 6.02. The van der Waals surface area contributed by atoms with Gasteiger partial charge in [0.1, 0.15) is 11.5 Å². The van der Waals surface area contributed by atoms with Gasteiger partial charge in [-0.25, -0.2) is 9.13 Å². The fraction of sp³-hybridized carbons (Fsp3) is 0.346. The molecule has 0 aliphatic rings. The van der Waals surface area contributed by atoms with E-state index in [-0.39, 0.29) is 32.3 Å². The number of phosphoric acid groups is 2. The monoisotopic (exact) mass is 549 g/mol. The van der Waals surface area contributed by atoms with E-state index in [0.717, 1.165) is 16.7 Å². The highest BCUT2D eigenvalue weighted by molar-refractivity contribution is 7.49. The molecule has 0 aliphatic heterocycles. The van der Waals surface area contributed by atoms with E-state index < -0.39 is 15.6 Å². The molecule has 11 heteroatoms. The Morgan fingerprint density at radius 1 is 0.622 bits per heavy atom. The van der Waals surface area contributed by atoms with E-state index in [9.17, 15) is 9.13 Å². The summed E-state index contributed by atoms with van der Waals surface area (Å²) in [5, 5.41) is 0. The van der Waals surface area contributed by atoms with Crippen LogP contribution in [-0.4, -0.2) is 31.4 Å². The molecule has 0 unspecified atom stereocenters. The first-order valence-corrected chi connectivity index (χ1v) is 15.0. The second kappa shape index (κ2) is 13.9. The van der Waals surface area contributed by atoms with Gasteiger partial charge in [-0.2, -0.15) is 0 Å². The zero-order valence-electron chi connectivity index (χ0n) is 21.4. The molecule has 37 heavy (non-hydrogen) atoms. The van der Waals surface area contributed by atoms with Crippen molar-refractivity contribution in [2.75, 3.05) is 26.4 Å². The molecule has 2 aromatic carbocycles. The maximum absolute atomic E-state index is 12.7. The van der Waals surface area contributed by atoms with Crippen LogP contribution >= 0.6 is 15.6 Å². The minimum absolute atomic E-state index is 0.173. The normalized spacial score (nSPS) is 12.0. The number of benzene rings is 2. The van der Waals surface area contributed by atoms with E-state index in [0.29, 0.717) is 11.5 Å². The van der Waals surface area contributed by atoms with E-state index in [4.69, 9.17) is 27.1 Å². The first-order valence-electron chi connectivity index (χ1n) is 12.1. The average molecular weight is 549 g/mol. The summed E-state index contributed by atoms with van der Waals surface area (Å²) in [5.74, 6) is 0.559. The van der Waals surface area contributed by atoms with Gasteiger partial charge in [-0.05, 0) is 74.7 Å². The lowest BCUT2D eigenvalue weighted by Crippen LogP contribution is -2.05. The molecule has 0 spiro atoms. The van der Waals surface area contributed by atoms with Crippen LogP contribution in [0.5, 0.6) is 11.5 Å². The number of hydrogen-bond acceptors (Lipinski definition) is 9. The number of pyridine rings is 1. The van der Waals surface area contributed by atoms with Crippen LogP contribution in [0.1, 0.15) is 50.3 Å². The molecular formula is C26H33NO8P2. The predicted octanol–water partition coefficient (Wildman–Crippen LogP) is 7.38. The molecular weight excluding hydrogens is 516 g/mol. The van der Waals surface area contributed by atoms with Gasteiger partial charge in [0, 0.05) is 18.3 Å². The smallest absolute Gasteiger partial charge is 0.404 e. The quantitative estimate of drug-likeness (QED) is 0.180. The summed E-state index contributed by atoms with van der Waals surface area (Å²) < 4.78 is 57.5. The van der Waals surface area contributed by atoms with Crippen molar-refractivity contribution in [3.05, 3.63) is 89.7 Å². The highest BCUT2D eigenvalue weighted by atomic mass is 31.2. The van der Waals surface area contributed by atoms with E-state index in [1.807, 2.05) is 36.4 Å². The van der Waals surface area contributed by atoms with Crippen LogP contribution in [0.3, 0.4) is 0 Å². The Morgan fingerprint density at radius 3 is 1.35 bits per heavy atom. The molecule has 0 bridgehead atoms. The second-order valence-electron chi connectivity index (χ2n) is 7.61. The van der Waals surface area contributed by atoms with Gasteiger partial charge in [-0.3, -0.25) is 23.1 Å². The van der Waals surface area contributed by atoms with Crippen LogP contribution in [0.4, 0.5) is 0 Å². The van der Waals surface area contributed by atoms with E-state index in [1.165, 1.54) is 0 Å². The number of nitrogens with zero attached hydrogens (tertiary/aromatic N) is 1. The van der Waals surface area contributed by atoms with Gasteiger partial charge in [0.2, 0.25) is 0 Å². The third-order valence-corrected chi connectivity index (χ3v) is 8.19. The average Bonchev–Trinajstić information content (AvgIpc) is 2.87. The van der Waals surface area contributed by atoms with E-state index >= 15 is 0 Å². The molecule has 3 aromatic rings. The van der Waals surface area contributed by atoms with Gasteiger partial charge in [-0.1, -0.05) is 30.3 Å². The van der Waals surface area contributed by atoms with Gasteiger partial charge >= 0.3 is 15.6 Å². The van der Waals surface area contributed by atoms with E-state index in [2.05, 4.69) is 4.98 Å². The van der Waals surface area contributed by atoms with Crippen molar-refractivity contribution < 1.29 is 36.3 Å². The molecule has 1 heterocycles. The predicted molar refractivity (Wildman–Crippen MR) is 141 cm³/mol. The molecule has 3 rings (SSSR count). The Balaban J connectivity index is 1.89. The molecule has 0 saturated carbocycles. The first-order chi connectivity index (χ1) is 17.8. The lowest BCUT2D eigenvalue weighted by Gasteiger charge is -2.21. The van der Waals surface area contributed by atoms with Crippen LogP contribution in [-0.2, 0) is 27.2 Å². The van der Waals surface area contributed by atoms with Crippen molar-refractivity contribution in [1.82, 2.24) is 4.98 Å². The van der Waals surface area contributed by atoms with Crippen LogP contribution in [0, 0.1) is 0 Å². The Hall–Kier alpha value is -2.51. The van der Waals surface area contributed by atoms with Crippen LogP contribution in [0.25, 0.3) is 0 Å². The van der Waals surface area contributed by atoms with Crippen molar-refractivity contribution in [3.8, 4) is 11.5 Å². The zero-order chi connectivity index (χ0) is 26.7. The second-order valence-corrected chi connectivity index (χ2v) is 10.8. The maximum Gasteiger partial charge on any atom is 0.530 e. The zero-order valence-corrected chi connectivity index (χ0v) is 23.2. The van der Waals surface area contributed by atoms with Crippen molar-refractivity contribution in [3.63, 3.8) is 0 Å². The summed E-state index contributed by atoms with van der Waals surface area (Å²) in [6, 6.07) is 18.3. The Labute approximate surface area is 218 Å². The standard InChI is InChI=1S/C26H33NO8P2/c1-5-30-36(28,31-6-2)34-24-15-11-21(12-16-24)26(23-10-9-19-27-20-23)22-13-17-25(18-14-22)35-37(29,32-7-3)33-8-4/h9-20,26H,5-8H2,1-4H3. The summed E-state index contributed by atoms with van der Waals surface area (Å²) in [4.78, 5) is 4.28. The molecule has 0 fully saturated rings. The minimum Gasteiger partial charge on any atom is -0.404 e. The van der Waals surface area contributed by atoms with Crippen molar-refractivity contribution in [2.45, 2.75) is 33.6 Å². The van der Waals surface area contributed by atoms with Gasteiger partial charge in [0.05, 0.1) is 26.4 Å². The number of aromatic nitrogens is 1. The highest BCUT2D eigenvalue weighted by Crippen LogP contribution is 2.50. The fourth-order valence-electron chi connectivity index (χ4n) is 3.64. The molecule has 0 radical (unpaired) electrons. The Bertz CT molecular complexity index is 1090. The van der Waals surface area contributed by atoms with Gasteiger partial charge in [0.25, 0.3) is 0 Å². The number of rotatable bonds is 15. The number of hydrogen-bond donors (Lipinski definition) is 0. The largest absolute Gasteiger partial charge is 0.530 e. The minimum atomic E-state index is -3.70. The molecule has 0 amide bonds. The van der Waals surface area contributed by atoms with Gasteiger partial charge in [0.15, 0.2) is 0 Å². The molecule has 200 valence electrons. The summed E-state index contributed by atoms with van der Waals surface area (Å²) in [6.07, 6.45) is 3.52. The van der Waals surface area contributed by atoms with Gasteiger partial charge in [-0.15, -0.1) is 0 Å². The van der Waals surface area contributed by atoms with Crippen molar-refractivity contribution >= 4 is 15.6 Å². The number of phosphoric ester groups is 2. The third kappa shape index (κ3) is 8.24. The van der Waals surface area contributed by atoms with Gasteiger partial charge < -0.3 is 9.05 Å². The molecule has 9 nitrogen and oxygen atoms in total. The SMILES string of the molecule is CCOP(=O)(OCC)Oc1ccc(C(c2ccc(OP(=O)(OCC)OCC)cc2)c2cccnc2)cc1. The lowest BCUT2D eigenvalue weighted by molar-refractivity contribution is 0.166. The lowest BCUT2D eigenvalue weighted by atomic mass is 9.86. The topological polar surface area (TPSA) is 102 Å². The third-order valence-electron chi connectivity index (χ3n) is 5.03. The molecule has 0 N–H and O–H groups in total. The summed E-state index contributed by atoms with van der Waals surface area (Å²) >= 11 is 0. The highest BCUT2D eigenvalue weighted by Gasteiger charge is 2.29. The van der Waals surface area contributed by atoms with Crippen LogP contribution < -0.4 is 9.05 Å². The Morgan fingerprint density at radius 2 is 1.03 bits per heavy atom. The summed E-state index contributed by atoms with van der Waals surface area (Å²) in [7, 11) is -7.39. The Kier molecular flexibility index (Phi) is 10.9.